The van der Waals surface area contributed by atoms with Crippen molar-refractivity contribution in [1.82, 2.24) is 5.32 Å². The molecule has 2 rings (SSSR count). The Balaban J connectivity index is 2.25. The number of ether oxygens (including phenoxy) is 1. The van der Waals surface area contributed by atoms with Crippen LogP contribution in [0, 0.1) is 0 Å². The van der Waals surface area contributed by atoms with Crippen LogP contribution in [0.15, 0.2) is 72.4 Å². The van der Waals surface area contributed by atoms with Crippen molar-refractivity contribution < 1.29 is 9.53 Å². The van der Waals surface area contributed by atoms with Gasteiger partial charge >= 0.3 is 5.97 Å². The van der Waals surface area contributed by atoms with E-state index in [1.165, 1.54) is 6.08 Å². The normalized spacial score (nSPS) is 11.3. The fourth-order valence-electron chi connectivity index (χ4n) is 2.28. The van der Waals surface area contributed by atoms with E-state index in [0.29, 0.717) is 6.61 Å². The Hall–Kier alpha value is -2.55. The van der Waals surface area contributed by atoms with Gasteiger partial charge < -0.3 is 10.1 Å². The van der Waals surface area contributed by atoms with Crippen molar-refractivity contribution in [1.29, 1.82) is 0 Å². The van der Waals surface area contributed by atoms with Gasteiger partial charge in [0.15, 0.2) is 0 Å². The second-order valence-electron chi connectivity index (χ2n) is 4.98. The summed E-state index contributed by atoms with van der Waals surface area (Å²) in [7, 11) is 0. The molecular weight excluding hydrogens is 274 g/mol. The van der Waals surface area contributed by atoms with E-state index in [9.17, 15) is 4.79 Å². The van der Waals surface area contributed by atoms with E-state index in [0.717, 1.165) is 16.8 Å². The van der Waals surface area contributed by atoms with Crippen molar-refractivity contribution in [3.05, 3.63) is 83.6 Å². The standard InChI is InChI=1S/C19H21NO2/c1-3-22-18(21)14-15(2)20-19(16-10-6-4-7-11-16)17-12-8-5-9-13-17/h4-14,19-20H,3H2,1-2H3/b15-14-. The quantitative estimate of drug-likeness (QED) is 0.650. The van der Waals surface area contributed by atoms with Gasteiger partial charge in [-0.25, -0.2) is 4.79 Å². The lowest BCUT2D eigenvalue weighted by molar-refractivity contribution is -0.137. The Morgan fingerprint density at radius 1 is 1.05 bits per heavy atom. The molecule has 0 aromatic heterocycles. The minimum absolute atomic E-state index is 0.00641. The third kappa shape index (κ3) is 4.48. The van der Waals surface area contributed by atoms with Gasteiger partial charge in [-0.05, 0) is 25.0 Å². The van der Waals surface area contributed by atoms with E-state index >= 15 is 0 Å². The predicted molar refractivity (Wildman–Crippen MR) is 88.3 cm³/mol. The summed E-state index contributed by atoms with van der Waals surface area (Å²) in [5.74, 6) is -0.327. The fraction of sp³-hybridized carbons (Fsp3) is 0.211. The highest BCUT2D eigenvalue weighted by Crippen LogP contribution is 2.22. The Kier molecular flexibility index (Phi) is 5.78. The molecule has 1 N–H and O–H groups in total. The lowest BCUT2D eigenvalue weighted by Crippen LogP contribution is -2.21. The highest BCUT2D eigenvalue weighted by atomic mass is 16.5. The van der Waals surface area contributed by atoms with E-state index in [1.54, 1.807) is 6.92 Å². The number of carbonyl (C=O) groups is 1. The molecule has 0 fully saturated rings. The molecule has 22 heavy (non-hydrogen) atoms. The van der Waals surface area contributed by atoms with Crippen LogP contribution in [0.1, 0.15) is 31.0 Å². The summed E-state index contributed by atoms with van der Waals surface area (Å²) in [5.41, 5.74) is 3.06. The smallest absolute Gasteiger partial charge is 0.332 e. The highest BCUT2D eigenvalue weighted by molar-refractivity contribution is 5.82. The summed E-state index contributed by atoms with van der Waals surface area (Å²) in [6.07, 6.45) is 1.49. The molecule has 0 atom stereocenters. The average Bonchev–Trinajstić information content (AvgIpc) is 2.54. The predicted octanol–water partition coefficient (Wildman–Crippen LogP) is 3.83. The van der Waals surface area contributed by atoms with Gasteiger partial charge in [-0.1, -0.05) is 60.7 Å². The van der Waals surface area contributed by atoms with Gasteiger partial charge in [0.25, 0.3) is 0 Å². The van der Waals surface area contributed by atoms with Crippen LogP contribution in [0.5, 0.6) is 0 Å². The maximum Gasteiger partial charge on any atom is 0.332 e. The van der Waals surface area contributed by atoms with E-state index in [1.807, 2.05) is 43.3 Å². The summed E-state index contributed by atoms with van der Waals surface area (Å²) in [4.78, 5) is 11.6. The first-order valence-electron chi connectivity index (χ1n) is 7.42. The van der Waals surface area contributed by atoms with Crippen LogP contribution in [-0.2, 0) is 9.53 Å². The number of hydrogen-bond donors (Lipinski definition) is 1. The van der Waals surface area contributed by atoms with Gasteiger partial charge in [0.1, 0.15) is 0 Å². The Bertz CT molecular complexity index is 581. The summed E-state index contributed by atoms with van der Waals surface area (Å²) >= 11 is 0. The minimum Gasteiger partial charge on any atom is -0.463 e. The molecule has 0 amide bonds. The molecule has 0 unspecified atom stereocenters. The molecule has 114 valence electrons. The molecular formula is C19H21NO2. The minimum atomic E-state index is -0.327. The largest absolute Gasteiger partial charge is 0.463 e. The first-order valence-corrected chi connectivity index (χ1v) is 7.42. The molecule has 3 nitrogen and oxygen atoms in total. The molecule has 0 aliphatic rings. The van der Waals surface area contributed by atoms with Crippen LogP contribution in [-0.4, -0.2) is 12.6 Å². The molecule has 0 heterocycles. The second-order valence-corrected chi connectivity index (χ2v) is 4.98. The van der Waals surface area contributed by atoms with Gasteiger partial charge in [-0.3, -0.25) is 0 Å². The van der Waals surface area contributed by atoms with Crippen LogP contribution < -0.4 is 5.32 Å². The molecule has 2 aromatic carbocycles. The number of rotatable bonds is 6. The van der Waals surface area contributed by atoms with Crippen molar-refractivity contribution in [2.24, 2.45) is 0 Å². The van der Waals surface area contributed by atoms with Gasteiger partial charge in [0.2, 0.25) is 0 Å². The average molecular weight is 295 g/mol. The van der Waals surface area contributed by atoms with Crippen molar-refractivity contribution >= 4 is 5.97 Å². The summed E-state index contributed by atoms with van der Waals surface area (Å²) in [5, 5.41) is 3.40. The summed E-state index contributed by atoms with van der Waals surface area (Å²) < 4.78 is 4.95. The maximum atomic E-state index is 11.6. The van der Waals surface area contributed by atoms with Crippen LogP contribution in [0.2, 0.25) is 0 Å². The zero-order valence-corrected chi connectivity index (χ0v) is 13.0. The van der Waals surface area contributed by atoms with Crippen LogP contribution in [0.4, 0.5) is 0 Å². The third-order valence-corrected chi connectivity index (χ3v) is 3.26. The van der Waals surface area contributed by atoms with Crippen molar-refractivity contribution in [3.8, 4) is 0 Å². The zero-order valence-electron chi connectivity index (χ0n) is 13.0. The van der Waals surface area contributed by atoms with Gasteiger partial charge in [0.05, 0.1) is 12.6 Å². The molecule has 0 aliphatic heterocycles. The molecule has 0 radical (unpaired) electrons. The molecule has 0 bridgehead atoms. The van der Waals surface area contributed by atoms with Gasteiger partial charge in [0, 0.05) is 11.8 Å². The topological polar surface area (TPSA) is 38.3 Å². The zero-order chi connectivity index (χ0) is 15.8. The SMILES string of the molecule is CCOC(=O)/C=C(/C)NC(c1ccccc1)c1ccccc1. The molecule has 2 aromatic rings. The summed E-state index contributed by atoms with van der Waals surface area (Å²) in [6, 6.07) is 20.3. The van der Waals surface area contributed by atoms with Crippen LogP contribution in [0.3, 0.4) is 0 Å². The molecule has 0 saturated carbocycles. The van der Waals surface area contributed by atoms with Crippen molar-refractivity contribution in [3.63, 3.8) is 0 Å². The fourth-order valence-corrected chi connectivity index (χ4v) is 2.28. The Morgan fingerprint density at radius 2 is 1.55 bits per heavy atom. The third-order valence-electron chi connectivity index (χ3n) is 3.26. The number of esters is 1. The lowest BCUT2D eigenvalue weighted by Gasteiger charge is -2.21. The van der Waals surface area contributed by atoms with Crippen LogP contribution >= 0.6 is 0 Å². The van der Waals surface area contributed by atoms with E-state index < -0.39 is 0 Å². The van der Waals surface area contributed by atoms with E-state index in [4.69, 9.17) is 4.74 Å². The van der Waals surface area contributed by atoms with Gasteiger partial charge in [-0.2, -0.15) is 0 Å². The number of nitrogens with one attached hydrogen (secondary N) is 1. The second kappa shape index (κ2) is 8.03. The van der Waals surface area contributed by atoms with Crippen LogP contribution in [0.25, 0.3) is 0 Å². The maximum absolute atomic E-state index is 11.6. The molecule has 0 saturated heterocycles. The molecule has 0 spiro atoms. The number of allylic oxidation sites excluding steroid dienone is 1. The molecule has 3 heteroatoms. The lowest BCUT2D eigenvalue weighted by atomic mass is 9.98. The Morgan fingerprint density at radius 3 is 2.00 bits per heavy atom. The summed E-state index contributed by atoms with van der Waals surface area (Å²) in [6.45, 7) is 4.05. The monoisotopic (exact) mass is 295 g/mol. The number of carbonyl (C=O) groups excluding carboxylic acids is 1. The van der Waals surface area contributed by atoms with E-state index in [2.05, 4.69) is 29.6 Å². The van der Waals surface area contributed by atoms with Crippen molar-refractivity contribution in [2.45, 2.75) is 19.9 Å². The molecule has 0 aliphatic carbocycles. The first-order chi connectivity index (χ1) is 10.7. The number of benzene rings is 2. The van der Waals surface area contributed by atoms with Gasteiger partial charge in [-0.15, -0.1) is 0 Å². The van der Waals surface area contributed by atoms with Crippen molar-refractivity contribution in [2.75, 3.05) is 6.61 Å². The first kappa shape index (κ1) is 15.8. The highest BCUT2D eigenvalue weighted by Gasteiger charge is 2.13. The number of hydrogen-bond acceptors (Lipinski definition) is 3. The van der Waals surface area contributed by atoms with E-state index in [-0.39, 0.29) is 12.0 Å². The Labute approximate surface area is 131 Å².